The number of likely N-dealkylation sites (tertiary alicyclic amines) is 1. The number of piperidine rings is 2. The van der Waals surface area contributed by atoms with Crippen molar-refractivity contribution in [3.63, 3.8) is 0 Å². The maximum absolute atomic E-state index is 12.8. The second kappa shape index (κ2) is 8.61. The topological polar surface area (TPSA) is 66.9 Å². The van der Waals surface area contributed by atoms with Crippen LogP contribution in [0.1, 0.15) is 38.2 Å². The molecule has 0 saturated carbocycles. The van der Waals surface area contributed by atoms with Crippen LogP contribution >= 0.6 is 0 Å². The lowest BCUT2D eigenvalue weighted by Gasteiger charge is -2.36. The number of hydrogen-bond acceptors (Lipinski definition) is 4. The third-order valence-corrected chi connectivity index (χ3v) is 6.94. The minimum atomic E-state index is -3.15. The summed E-state index contributed by atoms with van der Waals surface area (Å²) in [7, 11) is -3.15. The Morgan fingerprint density at radius 2 is 1.78 bits per heavy atom. The predicted octanol–water partition coefficient (Wildman–Crippen LogP) is 2.29. The van der Waals surface area contributed by atoms with E-state index in [1.807, 2.05) is 17.0 Å². The first-order valence-corrected chi connectivity index (χ1v) is 11.7. The Morgan fingerprint density at radius 3 is 2.37 bits per heavy atom. The van der Waals surface area contributed by atoms with Gasteiger partial charge in [0.05, 0.1) is 6.26 Å². The highest BCUT2D eigenvalue weighted by molar-refractivity contribution is 7.88. The molecule has 0 spiro atoms. The lowest BCUT2D eigenvalue weighted by molar-refractivity contribution is -0.138. The lowest BCUT2D eigenvalue weighted by atomic mass is 9.95. The van der Waals surface area contributed by atoms with Gasteiger partial charge in [-0.05, 0) is 37.0 Å². The Labute approximate surface area is 162 Å². The third kappa shape index (κ3) is 5.23. The van der Waals surface area contributed by atoms with Gasteiger partial charge in [0.1, 0.15) is 11.9 Å². The summed E-state index contributed by atoms with van der Waals surface area (Å²) in [6.07, 6.45) is 5.28. The highest BCUT2D eigenvalue weighted by atomic mass is 32.2. The average molecular weight is 395 g/mol. The number of benzene rings is 1. The number of carbonyl (C=O) groups excluding carboxylic acids is 1. The maximum atomic E-state index is 12.8. The summed E-state index contributed by atoms with van der Waals surface area (Å²) in [6, 6.07) is 8.21. The van der Waals surface area contributed by atoms with Gasteiger partial charge in [-0.2, -0.15) is 0 Å². The van der Waals surface area contributed by atoms with Crippen molar-refractivity contribution in [1.29, 1.82) is 0 Å². The van der Waals surface area contributed by atoms with Crippen molar-refractivity contribution in [3.05, 3.63) is 29.8 Å². The van der Waals surface area contributed by atoms with Crippen LogP contribution in [-0.4, -0.2) is 62.1 Å². The second-order valence-electron chi connectivity index (χ2n) is 7.58. The smallest absolute Gasteiger partial charge is 0.225 e. The first-order chi connectivity index (χ1) is 12.9. The number of nitrogens with zero attached hydrogens (tertiary/aromatic N) is 2. The minimum Gasteiger partial charge on any atom is -0.490 e. The molecule has 2 heterocycles. The number of sulfonamides is 1. The normalized spacial score (nSPS) is 20.6. The number of hydrogen-bond donors (Lipinski definition) is 0. The van der Waals surface area contributed by atoms with Crippen molar-refractivity contribution in [2.45, 2.75) is 45.1 Å². The van der Waals surface area contributed by atoms with Gasteiger partial charge in [-0.1, -0.05) is 19.1 Å². The summed E-state index contributed by atoms with van der Waals surface area (Å²) in [5.41, 5.74) is 1.26. The predicted molar refractivity (Wildman–Crippen MR) is 105 cm³/mol. The largest absolute Gasteiger partial charge is 0.490 e. The summed E-state index contributed by atoms with van der Waals surface area (Å²) >= 11 is 0. The molecule has 150 valence electrons. The van der Waals surface area contributed by atoms with E-state index in [2.05, 4.69) is 19.1 Å². The van der Waals surface area contributed by atoms with Gasteiger partial charge >= 0.3 is 0 Å². The van der Waals surface area contributed by atoms with Crippen molar-refractivity contribution in [2.24, 2.45) is 5.92 Å². The third-order valence-electron chi connectivity index (χ3n) is 5.64. The van der Waals surface area contributed by atoms with E-state index in [-0.39, 0.29) is 17.9 Å². The summed E-state index contributed by atoms with van der Waals surface area (Å²) in [5.74, 6) is 1.03. The molecule has 2 fully saturated rings. The van der Waals surface area contributed by atoms with E-state index in [0.717, 1.165) is 25.0 Å². The van der Waals surface area contributed by atoms with Crippen LogP contribution in [-0.2, 0) is 21.2 Å². The molecule has 0 aliphatic carbocycles. The van der Waals surface area contributed by atoms with Crippen LogP contribution in [0.5, 0.6) is 5.75 Å². The number of amides is 1. The van der Waals surface area contributed by atoms with Crippen molar-refractivity contribution >= 4 is 15.9 Å². The van der Waals surface area contributed by atoms with Crippen LogP contribution in [0.4, 0.5) is 0 Å². The van der Waals surface area contributed by atoms with Crippen molar-refractivity contribution in [3.8, 4) is 5.75 Å². The number of aryl methyl sites for hydroxylation is 1. The molecule has 3 rings (SSSR count). The Bertz CT molecular complexity index is 749. The van der Waals surface area contributed by atoms with Crippen LogP contribution in [0.2, 0.25) is 0 Å². The van der Waals surface area contributed by atoms with Gasteiger partial charge in [0.2, 0.25) is 15.9 Å². The standard InChI is InChI=1S/C20H30N2O4S/c1-3-16-5-4-6-19(15-16)26-18-9-11-21(12-10-18)20(23)17-7-13-22(14-8-17)27(2,24)25/h4-6,15,17-18H,3,7-14H2,1-2H3. The Kier molecular flexibility index (Phi) is 6.42. The monoisotopic (exact) mass is 394 g/mol. The van der Waals surface area contributed by atoms with E-state index in [9.17, 15) is 13.2 Å². The molecule has 0 aromatic heterocycles. The molecular formula is C20H30N2O4S. The van der Waals surface area contributed by atoms with Gasteiger partial charge in [-0.3, -0.25) is 4.79 Å². The SMILES string of the molecule is CCc1cccc(OC2CCN(C(=O)C3CCN(S(C)(=O)=O)CC3)CC2)c1. The van der Waals surface area contributed by atoms with Crippen LogP contribution in [0, 0.1) is 5.92 Å². The van der Waals surface area contributed by atoms with Gasteiger partial charge in [-0.15, -0.1) is 0 Å². The Morgan fingerprint density at radius 1 is 1.11 bits per heavy atom. The van der Waals surface area contributed by atoms with E-state index in [4.69, 9.17) is 4.74 Å². The van der Waals surface area contributed by atoms with Crippen molar-refractivity contribution < 1.29 is 17.9 Å². The molecule has 0 bridgehead atoms. The summed E-state index contributed by atoms with van der Waals surface area (Å²) in [6.45, 7) is 4.45. The summed E-state index contributed by atoms with van der Waals surface area (Å²) < 4.78 is 30.8. The quantitative estimate of drug-likeness (QED) is 0.769. The maximum Gasteiger partial charge on any atom is 0.225 e. The summed E-state index contributed by atoms with van der Waals surface area (Å²) in [4.78, 5) is 14.7. The minimum absolute atomic E-state index is 0.0540. The van der Waals surface area contributed by atoms with Crippen molar-refractivity contribution in [1.82, 2.24) is 9.21 Å². The molecule has 1 aromatic rings. The van der Waals surface area contributed by atoms with E-state index in [1.165, 1.54) is 16.1 Å². The van der Waals surface area contributed by atoms with Gasteiger partial charge in [0, 0.05) is 44.9 Å². The zero-order valence-electron chi connectivity index (χ0n) is 16.3. The lowest BCUT2D eigenvalue weighted by Crippen LogP contribution is -2.47. The first kappa shape index (κ1) is 20.1. The Balaban J connectivity index is 1.47. The molecule has 0 unspecified atom stereocenters. The molecule has 2 aliphatic heterocycles. The molecule has 2 saturated heterocycles. The first-order valence-electron chi connectivity index (χ1n) is 9.86. The van der Waals surface area contributed by atoms with E-state index < -0.39 is 10.0 Å². The highest BCUT2D eigenvalue weighted by Crippen LogP contribution is 2.25. The molecule has 1 aromatic carbocycles. The van der Waals surface area contributed by atoms with Gasteiger partial charge in [-0.25, -0.2) is 12.7 Å². The fraction of sp³-hybridized carbons (Fsp3) is 0.650. The average Bonchev–Trinajstić information content (AvgIpc) is 2.67. The molecule has 6 nitrogen and oxygen atoms in total. The van der Waals surface area contributed by atoms with Crippen molar-refractivity contribution in [2.75, 3.05) is 32.4 Å². The van der Waals surface area contributed by atoms with Gasteiger partial charge < -0.3 is 9.64 Å². The second-order valence-corrected chi connectivity index (χ2v) is 9.56. The van der Waals surface area contributed by atoms with Crippen LogP contribution in [0.25, 0.3) is 0 Å². The van der Waals surface area contributed by atoms with Crippen LogP contribution < -0.4 is 4.74 Å². The van der Waals surface area contributed by atoms with Crippen LogP contribution in [0.15, 0.2) is 24.3 Å². The Hall–Kier alpha value is -1.60. The molecule has 27 heavy (non-hydrogen) atoms. The molecule has 0 atom stereocenters. The molecule has 0 N–H and O–H groups in total. The molecule has 0 radical (unpaired) electrons. The number of rotatable bonds is 5. The summed E-state index contributed by atoms with van der Waals surface area (Å²) in [5, 5.41) is 0. The molecule has 2 aliphatic rings. The molecule has 1 amide bonds. The van der Waals surface area contributed by atoms with Crippen LogP contribution in [0.3, 0.4) is 0 Å². The van der Waals surface area contributed by atoms with Gasteiger partial charge in [0.15, 0.2) is 0 Å². The number of carbonyl (C=O) groups is 1. The zero-order valence-corrected chi connectivity index (χ0v) is 17.1. The number of ether oxygens (including phenoxy) is 1. The zero-order chi connectivity index (χ0) is 19.4. The van der Waals surface area contributed by atoms with E-state index in [1.54, 1.807) is 0 Å². The van der Waals surface area contributed by atoms with E-state index in [0.29, 0.717) is 39.0 Å². The highest BCUT2D eigenvalue weighted by Gasteiger charge is 2.33. The fourth-order valence-electron chi connectivity index (χ4n) is 3.92. The molecular weight excluding hydrogens is 364 g/mol. The van der Waals surface area contributed by atoms with Gasteiger partial charge in [0.25, 0.3) is 0 Å². The van der Waals surface area contributed by atoms with E-state index >= 15 is 0 Å². The fourth-order valence-corrected chi connectivity index (χ4v) is 4.79. The molecule has 7 heteroatoms.